The molecule has 84 heavy (non-hydrogen) atoms. The van der Waals surface area contributed by atoms with E-state index in [9.17, 15) is 54.6 Å². The van der Waals surface area contributed by atoms with Gasteiger partial charge in [-0.05, 0) is 88.1 Å². The highest BCUT2D eigenvalue weighted by atomic mass is 19.1. The lowest BCUT2D eigenvalue weighted by Gasteiger charge is -2.41. The Morgan fingerprint density at radius 1 is 0.893 bits per heavy atom. The van der Waals surface area contributed by atoms with Gasteiger partial charge in [0.15, 0.2) is 11.4 Å². The number of amides is 1. The number of hydrogen-bond acceptors (Lipinski definition) is 17. The number of aromatic hydroxyl groups is 3. The first kappa shape index (κ1) is 59.8. The van der Waals surface area contributed by atoms with Crippen molar-refractivity contribution < 1.29 is 68.4 Å². The molecule has 450 valence electrons. The van der Waals surface area contributed by atoms with Crippen molar-refractivity contribution in [3.63, 3.8) is 0 Å². The molecule has 2 saturated carbocycles. The van der Waals surface area contributed by atoms with Crippen LogP contribution in [0.15, 0.2) is 64.4 Å². The van der Waals surface area contributed by atoms with Crippen molar-refractivity contribution in [3.05, 3.63) is 98.3 Å². The number of allylic oxidation sites excluding steroid dienone is 2. The molecule has 0 spiro atoms. The highest BCUT2D eigenvalue weighted by molar-refractivity contribution is 6.23. The summed E-state index contributed by atoms with van der Waals surface area (Å²) in [6, 6.07) is 2.93. The van der Waals surface area contributed by atoms with E-state index in [1.165, 1.54) is 51.8 Å². The average Bonchev–Trinajstić information content (AvgIpc) is 1.93. The van der Waals surface area contributed by atoms with Gasteiger partial charge in [-0.2, -0.15) is 5.10 Å². The van der Waals surface area contributed by atoms with Crippen LogP contribution in [0.25, 0.3) is 21.7 Å². The summed E-state index contributed by atoms with van der Waals surface area (Å²) >= 11 is 0. The average molecular weight is 1160 g/mol. The third kappa shape index (κ3) is 10.7. The molecule has 2 saturated heterocycles. The minimum absolute atomic E-state index is 0.00276. The number of nitrogens with zero attached hydrogens (tertiary/aromatic N) is 5. The number of aromatic nitrogens is 1. The van der Waals surface area contributed by atoms with Gasteiger partial charge in [0, 0.05) is 123 Å². The summed E-state index contributed by atoms with van der Waals surface area (Å²) < 4.78 is 35.8. The number of phenols is 3. The summed E-state index contributed by atoms with van der Waals surface area (Å²) in [5.41, 5.74) is -1.58. The fraction of sp³-hybridized carbons (Fsp3) is 0.524. The molecule has 7 aliphatic rings. The van der Waals surface area contributed by atoms with Crippen LogP contribution in [0, 0.1) is 42.3 Å². The number of aliphatic hydroxyl groups is 2. The monoisotopic (exact) mass is 1160 g/mol. The molecule has 3 aliphatic carbocycles. The van der Waals surface area contributed by atoms with E-state index in [2.05, 4.69) is 10.2 Å². The van der Waals surface area contributed by atoms with Gasteiger partial charge in [-0.3, -0.25) is 29.1 Å². The Morgan fingerprint density at radius 3 is 2.24 bits per heavy atom. The summed E-state index contributed by atoms with van der Waals surface area (Å²) in [7, 11) is 1.46. The van der Waals surface area contributed by atoms with Crippen LogP contribution < -0.4 is 15.6 Å². The third-order valence-electron chi connectivity index (χ3n) is 19.1. The predicted octanol–water partition coefficient (Wildman–Crippen LogP) is 7.46. The largest absolute Gasteiger partial charge is 0.507 e. The molecule has 5 heterocycles. The van der Waals surface area contributed by atoms with E-state index in [1.807, 2.05) is 14.5 Å². The minimum Gasteiger partial charge on any atom is -0.507 e. The number of aromatic carboxylic acids is 1. The highest BCUT2D eigenvalue weighted by Gasteiger charge is 2.56. The van der Waals surface area contributed by atoms with Crippen molar-refractivity contribution in [3.8, 4) is 17.2 Å². The Kier molecular flexibility index (Phi) is 16.3. The topological polar surface area (TPSA) is 273 Å². The summed E-state index contributed by atoms with van der Waals surface area (Å²) in [6.07, 6.45) is 10.8. The standard InChI is InChI=1S/C63H77FN6O14/c1-31-11-10-12-32(2)60(79)66-51-42(28-65-69-22-20-68(21-23-69)63(17-18-63)38-15-19-67(29-38)46-26-45-40(25-44(46)64)55(75)43(61(80)81)30-70(45)39-13-14-39)56(76)49-48-41(33(3)54(74)50(49)57(51)77)27-62(8,59(48)78)83-24-16-47(82-9)34(4)58(84-37(7)71)36(6)53(73)35(5)52(31)72/h10-12,16,24-26,28,30-31,34-36,38-39,47,52-53,58,72-74,76-77H,13-15,17-23,27,29H2,1-9H3,(H,66,79)(H,80,81)/b11-10+,24-16+,32-12-,65-28+/t31-,34+,35+,36+,38?,47-,52-,53+,58+,62-/m0/s1. The maximum absolute atomic E-state index is 16.0. The zero-order chi connectivity index (χ0) is 60.6. The molecule has 1 unspecified atom stereocenters. The lowest BCUT2D eigenvalue weighted by molar-refractivity contribution is -0.160. The number of anilines is 2. The Bertz CT molecular complexity index is 3520. The van der Waals surface area contributed by atoms with Gasteiger partial charge in [0.1, 0.15) is 29.0 Å². The number of ketones is 1. The van der Waals surface area contributed by atoms with E-state index in [0.29, 0.717) is 56.0 Å². The maximum Gasteiger partial charge on any atom is 0.341 e. The van der Waals surface area contributed by atoms with Crippen molar-refractivity contribution in [2.75, 3.05) is 56.6 Å². The van der Waals surface area contributed by atoms with Crippen LogP contribution in [0.3, 0.4) is 0 Å². The first-order chi connectivity index (χ1) is 39.8. The molecule has 20 nitrogen and oxygen atoms in total. The number of carbonyl (C=O) groups is 4. The van der Waals surface area contributed by atoms with Gasteiger partial charge in [-0.15, -0.1) is 0 Å². The normalized spacial score (nSPS) is 30.2. The van der Waals surface area contributed by atoms with E-state index < -0.39 is 106 Å². The molecule has 1 aromatic heterocycles. The SMILES string of the molecule is CO[C@H]1/C=C/O[C@@]2(C)Cc3c(C)c(O)c4c(O)c(c(/C=N/N5CCN(C6(C7CCN(c8cc9c(cc8F)c(=O)c(C(=O)O)cn9C8CC8)C7)CC6)CC5)c(O)c4c3C2=O)NC(=O)/C(C)=C\C=C\[C@H](C)[C@H](O)[C@@H](C)[C@@H](O)[C@@H](C)[C@H](OC(C)=O)[C@@H]1C. The number of nitrogens with one attached hydrogen (secondary N) is 1. The molecule has 4 aromatic rings. The number of halogens is 1. The predicted molar refractivity (Wildman–Crippen MR) is 313 cm³/mol. The van der Waals surface area contributed by atoms with E-state index in [1.54, 1.807) is 65.8 Å². The molecule has 10 atom stereocenters. The Hall–Kier alpha value is -7.33. The van der Waals surface area contributed by atoms with Crippen molar-refractivity contribution in [1.29, 1.82) is 0 Å². The number of methoxy groups -OCH3 is 1. The second-order valence-electron chi connectivity index (χ2n) is 24.5. The lowest BCUT2D eigenvalue weighted by atomic mass is 9.78. The molecule has 5 bridgehead atoms. The molecular formula is C63H77FN6O14. The van der Waals surface area contributed by atoms with Crippen LogP contribution in [-0.2, 0) is 30.2 Å². The fourth-order valence-corrected chi connectivity index (χ4v) is 13.7. The van der Waals surface area contributed by atoms with Crippen LogP contribution in [0.4, 0.5) is 15.8 Å². The first-order valence-electron chi connectivity index (χ1n) is 29.1. The smallest absolute Gasteiger partial charge is 0.341 e. The fourth-order valence-electron chi connectivity index (χ4n) is 13.7. The number of fused-ring (bicyclic) bond motifs is 15. The number of carboxylic acids is 1. The number of benzene rings is 3. The van der Waals surface area contributed by atoms with Crippen LogP contribution in [0.5, 0.6) is 17.2 Å². The summed E-state index contributed by atoms with van der Waals surface area (Å²) in [5, 5.41) is 78.7. The number of carboxylic acid groups (broad SMARTS) is 1. The zero-order valence-electron chi connectivity index (χ0n) is 49.0. The van der Waals surface area contributed by atoms with E-state index >= 15 is 4.39 Å². The van der Waals surface area contributed by atoms with Crippen LogP contribution in [-0.4, -0.2) is 157 Å². The molecule has 11 rings (SSSR count). The number of pyridine rings is 1. The second-order valence-corrected chi connectivity index (χ2v) is 24.5. The van der Waals surface area contributed by atoms with Gasteiger partial charge >= 0.3 is 11.9 Å². The van der Waals surface area contributed by atoms with E-state index in [-0.39, 0.29) is 73.6 Å². The molecule has 7 N–H and O–H groups in total. The number of esters is 1. The molecule has 3 aromatic carbocycles. The van der Waals surface area contributed by atoms with Gasteiger partial charge in [0.25, 0.3) is 5.91 Å². The minimum atomic E-state index is -1.61. The zero-order valence-corrected chi connectivity index (χ0v) is 49.0. The van der Waals surface area contributed by atoms with Crippen LogP contribution in [0.2, 0.25) is 0 Å². The summed E-state index contributed by atoms with van der Waals surface area (Å²) in [4.78, 5) is 71.2. The quantitative estimate of drug-likeness (QED) is 0.0371. The van der Waals surface area contributed by atoms with E-state index in [4.69, 9.17) is 19.3 Å². The number of hydrogen-bond donors (Lipinski definition) is 7. The van der Waals surface area contributed by atoms with Crippen molar-refractivity contribution in [2.24, 2.45) is 34.7 Å². The Morgan fingerprint density at radius 2 is 1.60 bits per heavy atom. The van der Waals surface area contributed by atoms with Crippen LogP contribution >= 0.6 is 0 Å². The number of ether oxygens (including phenoxy) is 3. The number of phenolic OH excluding ortho intramolecular Hbond substituents is 3. The number of piperazine rings is 1. The number of aliphatic hydroxyl groups excluding tert-OH is 2. The lowest BCUT2D eigenvalue weighted by Crippen LogP contribution is -2.53. The number of carbonyl (C=O) groups excluding carboxylic acids is 3. The Labute approximate surface area is 486 Å². The third-order valence-corrected chi connectivity index (χ3v) is 19.1. The van der Waals surface area contributed by atoms with Crippen molar-refractivity contribution in [1.82, 2.24) is 14.5 Å². The van der Waals surface area contributed by atoms with Gasteiger partial charge < -0.3 is 59.6 Å². The molecule has 4 fully saturated rings. The second kappa shape index (κ2) is 22.9. The summed E-state index contributed by atoms with van der Waals surface area (Å²) in [6.45, 7) is 16.2. The Balaban J connectivity index is 0.945. The van der Waals surface area contributed by atoms with Crippen molar-refractivity contribution in [2.45, 2.75) is 136 Å². The molecule has 1 amide bonds. The highest BCUT2D eigenvalue weighted by Crippen LogP contribution is 2.54. The molecule has 0 radical (unpaired) electrons. The first-order valence-corrected chi connectivity index (χ1v) is 29.1. The van der Waals surface area contributed by atoms with Gasteiger partial charge in [0.2, 0.25) is 11.2 Å². The van der Waals surface area contributed by atoms with Crippen molar-refractivity contribution >= 4 is 62.9 Å². The molecular weight excluding hydrogens is 1080 g/mol. The van der Waals surface area contributed by atoms with Gasteiger partial charge in [-0.25, -0.2) is 9.18 Å². The van der Waals surface area contributed by atoms with E-state index in [0.717, 1.165) is 32.1 Å². The van der Waals surface area contributed by atoms with Gasteiger partial charge in [-0.1, -0.05) is 45.9 Å². The number of Topliss-reactive ketones (excluding diaryl/α,β-unsaturated/α-hetero) is 1. The summed E-state index contributed by atoms with van der Waals surface area (Å²) in [5.74, 6) is -7.72. The van der Waals surface area contributed by atoms with Gasteiger partial charge in [0.05, 0.1) is 58.6 Å². The maximum atomic E-state index is 16.0. The number of rotatable bonds is 9. The molecule has 21 heteroatoms. The molecule has 4 aliphatic heterocycles. The number of hydrazone groups is 1. The van der Waals surface area contributed by atoms with Crippen LogP contribution in [0.1, 0.15) is 124 Å².